The first kappa shape index (κ1) is 16.0. The molecule has 1 aromatic rings. The number of amides is 1. The topological polar surface area (TPSA) is 32.8 Å². The van der Waals surface area contributed by atoms with Gasteiger partial charge in [0, 0.05) is 38.7 Å². The van der Waals surface area contributed by atoms with E-state index in [2.05, 4.69) is 26.6 Å². The molecule has 0 bridgehead atoms. The third-order valence-electron chi connectivity index (χ3n) is 5.19. The lowest BCUT2D eigenvalue weighted by Gasteiger charge is -2.38. The summed E-state index contributed by atoms with van der Waals surface area (Å²) in [7, 11) is 1.71. The van der Waals surface area contributed by atoms with Gasteiger partial charge in [-0.1, -0.05) is 0 Å². The van der Waals surface area contributed by atoms with E-state index >= 15 is 0 Å². The molecule has 2 aliphatic heterocycles. The summed E-state index contributed by atoms with van der Waals surface area (Å²) >= 11 is 1.77. The highest BCUT2D eigenvalue weighted by Gasteiger charge is 2.45. The SMILES string of the molecule is COCCN1C(=O)CC[C@@]12CCCN(Cc1ccsc1)CC2. The van der Waals surface area contributed by atoms with Crippen LogP contribution in [-0.2, 0) is 16.1 Å². The lowest BCUT2D eigenvalue weighted by molar-refractivity contribution is -0.132. The largest absolute Gasteiger partial charge is 0.383 e. The van der Waals surface area contributed by atoms with Crippen LogP contribution >= 0.6 is 11.3 Å². The molecule has 0 N–H and O–H groups in total. The molecular weight excluding hydrogens is 296 g/mol. The van der Waals surface area contributed by atoms with Gasteiger partial charge >= 0.3 is 0 Å². The summed E-state index contributed by atoms with van der Waals surface area (Å²) < 4.78 is 5.21. The Balaban J connectivity index is 1.64. The van der Waals surface area contributed by atoms with Crippen LogP contribution in [0.15, 0.2) is 16.8 Å². The molecule has 2 saturated heterocycles. The van der Waals surface area contributed by atoms with Crippen molar-refractivity contribution in [2.45, 2.75) is 44.2 Å². The summed E-state index contributed by atoms with van der Waals surface area (Å²) in [5.74, 6) is 0.323. The predicted molar refractivity (Wildman–Crippen MR) is 89.0 cm³/mol. The molecule has 22 heavy (non-hydrogen) atoms. The van der Waals surface area contributed by atoms with E-state index in [0.29, 0.717) is 18.9 Å². The van der Waals surface area contributed by atoms with Crippen LogP contribution < -0.4 is 0 Å². The summed E-state index contributed by atoms with van der Waals surface area (Å²) in [6, 6.07) is 2.22. The molecule has 0 saturated carbocycles. The van der Waals surface area contributed by atoms with Gasteiger partial charge < -0.3 is 9.64 Å². The molecule has 1 atom stereocenters. The van der Waals surface area contributed by atoms with Crippen LogP contribution in [0.25, 0.3) is 0 Å². The first-order chi connectivity index (χ1) is 10.7. The Morgan fingerprint density at radius 3 is 3.00 bits per heavy atom. The molecule has 2 fully saturated rings. The quantitative estimate of drug-likeness (QED) is 0.836. The van der Waals surface area contributed by atoms with Crippen LogP contribution in [0.4, 0.5) is 0 Å². The van der Waals surface area contributed by atoms with Gasteiger partial charge in [0.1, 0.15) is 0 Å². The van der Waals surface area contributed by atoms with Crippen molar-refractivity contribution >= 4 is 17.2 Å². The molecule has 1 amide bonds. The number of carbonyl (C=O) groups is 1. The highest BCUT2D eigenvalue weighted by Crippen LogP contribution is 2.39. The Morgan fingerprint density at radius 2 is 2.23 bits per heavy atom. The van der Waals surface area contributed by atoms with Gasteiger partial charge in [0.2, 0.25) is 5.91 Å². The van der Waals surface area contributed by atoms with Gasteiger partial charge in [0.25, 0.3) is 0 Å². The van der Waals surface area contributed by atoms with Crippen LogP contribution in [0.3, 0.4) is 0 Å². The van der Waals surface area contributed by atoms with E-state index in [1.54, 1.807) is 18.4 Å². The normalized spacial score (nSPS) is 26.8. The van der Waals surface area contributed by atoms with Crippen molar-refractivity contribution in [2.24, 2.45) is 0 Å². The Hall–Kier alpha value is -0.910. The van der Waals surface area contributed by atoms with Gasteiger partial charge in [0.15, 0.2) is 0 Å². The van der Waals surface area contributed by atoms with Crippen molar-refractivity contribution in [3.63, 3.8) is 0 Å². The highest BCUT2D eigenvalue weighted by atomic mass is 32.1. The van der Waals surface area contributed by atoms with Crippen molar-refractivity contribution in [2.75, 3.05) is 33.4 Å². The molecule has 122 valence electrons. The molecule has 0 unspecified atom stereocenters. The zero-order valence-corrected chi connectivity index (χ0v) is 14.2. The fourth-order valence-electron chi connectivity index (χ4n) is 3.97. The van der Waals surface area contributed by atoms with Gasteiger partial charge in [-0.05, 0) is 54.6 Å². The van der Waals surface area contributed by atoms with Crippen molar-refractivity contribution in [1.82, 2.24) is 9.80 Å². The average molecular weight is 322 g/mol. The number of nitrogens with zero attached hydrogens (tertiary/aromatic N) is 2. The van der Waals surface area contributed by atoms with Crippen LogP contribution in [0, 0.1) is 0 Å². The summed E-state index contributed by atoms with van der Waals surface area (Å²) in [5.41, 5.74) is 1.51. The molecule has 3 heterocycles. The average Bonchev–Trinajstić information content (AvgIpc) is 3.06. The summed E-state index contributed by atoms with van der Waals surface area (Å²) in [6.45, 7) is 4.67. The zero-order chi connectivity index (χ0) is 15.4. The molecule has 0 aromatic carbocycles. The third-order valence-corrected chi connectivity index (χ3v) is 5.93. The van der Waals surface area contributed by atoms with E-state index in [0.717, 1.165) is 45.4 Å². The van der Waals surface area contributed by atoms with Gasteiger partial charge in [-0.15, -0.1) is 0 Å². The summed E-state index contributed by atoms with van der Waals surface area (Å²) in [6.07, 6.45) is 5.17. The lowest BCUT2D eigenvalue weighted by Crippen LogP contribution is -2.47. The third kappa shape index (κ3) is 3.36. The smallest absolute Gasteiger partial charge is 0.223 e. The fraction of sp³-hybridized carbons (Fsp3) is 0.706. The van der Waals surface area contributed by atoms with Gasteiger partial charge in [-0.25, -0.2) is 0 Å². The van der Waals surface area contributed by atoms with Crippen LogP contribution in [0.1, 0.15) is 37.7 Å². The summed E-state index contributed by atoms with van der Waals surface area (Å²) in [4.78, 5) is 16.9. The molecule has 0 aliphatic carbocycles. The maximum absolute atomic E-state index is 12.3. The Labute approximate surface area is 137 Å². The zero-order valence-electron chi connectivity index (χ0n) is 13.4. The maximum Gasteiger partial charge on any atom is 0.223 e. The van der Waals surface area contributed by atoms with E-state index in [1.165, 1.54) is 12.0 Å². The highest BCUT2D eigenvalue weighted by molar-refractivity contribution is 7.07. The molecule has 1 spiro atoms. The van der Waals surface area contributed by atoms with Gasteiger partial charge in [-0.2, -0.15) is 11.3 Å². The van der Waals surface area contributed by atoms with Crippen molar-refractivity contribution < 1.29 is 9.53 Å². The number of methoxy groups -OCH3 is 1. The molecular formula is C17H26N2O2S. The van der Waals surface area contributed by atoms with Crippen LogP contribution in [0.2, 0.25) is 0 Å². The van der Waals surface area contributed by atoms with Crippen LogP contribution in [-0.4, -0.2) is 54.6 Å². The minimum Gasteiger partial charge on any atom is -0.383 e. The van der Waals surface area contributed by atoms with Gasteiger partial charge in [-0.3, -0.25) is 9.69 Å². The minimum absolute atomic E-state index is 0.0962. The number of hydrogen-bond acceptors (Lipinski definition) is 4. The number of carbonyl (C=O) groups excluding carboxylic acids is 1. The predicted octanol–water partition coefficient (Wildman–Crippen LogP) is 2.74. The Morgan fingerprint density at radius 1 is 1.32 bits per heavy atom. The standard InChI is InChI=1S/C17H26N2O2S/c1-21-11-10-19-16(20)3-6-17(19)5-2-8-18(9-7-17)13-15-4-12-22-14-15/h4,12,14H,2-3,5-11,13H2,1H3/t17-/m1/s1. The molecule has 2 aliphatic rings. The lowest BCUT2D eigenvalue weighted by atomic mass is 9.88. The second kappa shape index (κ2) is 7.11. The van der Waals surface area contributed by atoms with E-state index < -0.39 is 0 Å². The second-order valence-electron chi connectivity index (χ2n) is 6.52. The number of thiophene rings is 1. The van der Waals surface area contributed by atoms with E-state index in [4.69, 9.17) is 4.74 Å². The summed E-state index contributed by atoms with van der Waals surface area (Å²) in [5, 5.41) is 4.39. The van der Waals surface area contributed by atoms with Crippen LogP contribution in [0.5, 0.6) is 0 Å². The molecule has 3 rings (SSSR count). The van der Waals surface area contributed by atoms with E-state index in [-0.39, 0.29) is 5.54 Å². The first-order valence-corrected chi connectivity index (χ1v) is 9.21. The number of ether oxygens (including phenoxy) is 1. The van der Waals surface area contributed by atoms with E-state index in [1.807, 2.05) is 0 Å². The number of rotatable bonds is 5. The number of hydrogen-bond donors (Lipinski definition) is 0. The molecule has 0 radical (unpaired) electrons. The van der Waals surface area contributed by atoms with E-state index in [9.17, 15) is 4.79 Å². The second-order valence-corrected chi connectivity index (χ2v) is 7.30. The number of likely N-dealkylation sites (tertiary alicyclic amines) is 2. The molecule has 4 nitrogen and oxygen atoms in total. The van der Waals surface area contributed by atoms with Gasteiger partial charge in [0.05, 0.1) is 6.61 Å². The monoisotopic (exact) mass is 322 g/mol. The Bertz CT molecular complexity index is 491. The van der Waals surface area contributed by atoms with Crippen molar-refractivity contribution in [3.05, 3.63) is 22.4 Å². The first-order valence-electron chi connectivity index (χ1n) is 8.26. The molecule has 5 heteroatoms. The maximum atomic E-state index is 12.3. The van der Waals surface area contributed by atoms with Crippen molar-refractivity contribution in [3.8, 4) is 0 Å². The molecule has 1 aromatic heterocycles. The Kier molecular flexibility index (Phi) is 5.16. The fourth-order valence-corrected chi connectivity index (χ4v) is 4.63. The minimum atomic E-state index is 0.0962. The van der Waals surface area contributed by atoms with Crippen molar-refractivity contribution in [1.29, 1.82) is 0 Å².